The van der Waals surface area contributed by atoms with Gasteiger partial charge in [0, 0.05) is 0 Å². The minimum absolute atomic E-state index is 1.37. The fourth-order valence-electron chi connectivity index (χ4n) is 7.17. The second-order valence-electron chi connectivity index (χ2n) is 14.5. The number of rotatable bonds is 37. The van der Waals surface area contributed by atoms with E-state index in [1.54, 1.807) is 0 Å². The Bertz CT molecular complexity index is 421. The lowest BCUT2D eigenvalue weighted by atomic mass is 10.0. The topological polar surface area (TPSA) is 0 Å². The van der Waals surface area contributed by atoms with E-state index in [2.05, 4.69) is 27.7 Å². The zero-order valence-electron chi connectivity index (χ0n) is 30.6. The van der Waals surface area contributed by atoms with Crippen molar-refractivity contribution < 1.29 is 4.48 Å². The molecule has 0 saturated heterocycles. The van der Waals surface area contributed by atoms with Crippen LogP contribution in [0.1, 0.15) is 240 Å². The quantitative estimate of drug-likeness (QED) is 0.0497. The molecule has 0 aromatic carbocycles. The molecule has 42 heavy (non-hydrogen) atoms. The van der Waals surface area contributed by atoms with Crippen molar-refractivity contribution in [1.82, 2.24) is 0 Å². The van der Waals surface area contributed by atoms with Crippen LogP contribution in [0, 0.1) is 0 Å². The third-order valence-electron chi connectivity index (χ3n) is 10.2. The number of nitrogens with zero attached hydrogens (tertiary/aromatic N) is 1. The molecule has 0 aliphatic carbocycles. The molecule has 254 valence electrons. The molecule has 1 heteroatoms. The molecule has 0 aromatic rings. The smallest absolute Gasteiger partial charge is 0.0786 e. The number of quaternary nitrogens is 1. The van der Waals surface area contributed by atoms with Crippen molar-refractivity contribution in [3.63, 3.8) is 0 Å². The minimum Gasteiger partial charge on any atom is -0.324 e. The molecule has 0 bridgehead atoms. The van der Waals surface area contributed by atoms with E-state index >= 15 is 0 Å². The van der Waals surface area contributed by atoms with Gasteiger partial charge in [0.15, 0.2) is 0 Å². The second-order valence-corrected chi connectivity index (χ2v) is 14.5. The van der Waals surface area contributed by atoms with Crippen LogP contribution < -0.4 is 0 Å². The maximum atomic E-state index is 2.34. The zero-order chi connectivity index (χ0) is 30.7. The summed E-state index contributed by atoms with van der Waals surface area (Å²) in [6.07, 6.45) is 48.2. The summed E-state index contributed by atoms with van der Waals surface area (Å²) in [6.45, 7) is 15.3. The summed E-state index contributed by atoms with van der Waals surface area (Å²) in [7, 11) is 0. The maximum absolute atomic E-state index is 2.34. The highest BCUT2D eigenvalue weighted by molar-refractivity contribution is 4.56. The van der Waals surface area contributed by atoms with E-state index in [9.17, 15) is 0 Å². The van der Waals surface area contributed by atoms with Gasteiger partial charge in [0.05, 0.1) is 26.2 Å². The van der Waals surface area contributed by atoms with Crippen LogP contribution in [-0.4, -0.2) is 30.7 Å². The van der Waals surface area contributed by atoms with E-state index in [0.29, 0.717) is 0 Å². The van der Waals surface area contributed by atoms with Crippen LogP contribution in [0.5, 0.6) is 0 Å². The first kappa shape index (κ1) is 42.0. The normalized spacial score (nSPS) is 12.0. The van der Waals surface area contributed by atoms with Crippen LogP contribution in [0.2, 0.25) is 0 Å². The van der Waals surface area contributed by atoms with Gasteiger partial charge in [-0.1, -0.05) is 188 Å². The largest absolute Gasteiger partial charge is 0.324 e. The standard InChI is InChI=1S/C41H86N/c1-5-9-13-17-21-25-29-33-37-41-42(38-34-30-26-22-18-14-10-6-2,39-35-31-27-23-19-15-11-7-3)40-36-32-28-24-20-16-12-8-4/h5-41H2,1-4H3/q+1. The summed E-state index contributed by atoms with van der Waals surface area (Å²) in [4.78, 5) is 0. The molecule has 0 N–H and O–H groups in total. The van der Waals surface area contributed by atoms with Crippen molar-refractivity contribution in [2.45, 2.75) is 240 Å². The molecule has 1 nitrogen and oxygen atoms in total. The van der Waals surface area contributed by atoms with Gasteiger partial charge in [-0.3, -0.25) is 0 Å². The molecule has 0 fully saturated rings. The summed E-state index contributed by atoms with van der Waals surface area (Å²) in [6, 6.07) is 0. The van der Waals surface area contributed by atoms with E-state index in [4.69, 9.17) is 0 Å². The zero-order valence-corrected chi connectivity index (χ0v) is 30.6. The molecular formula is C41H86N+. The Morgan fingerprint density at radius 1 is 0.190 bits per heavy atom. The molecule has 0 aliphatic heterocycles. The highest BCUT2D eigenvalue weighted by atomic mass is 15.3. The van der Waals surface area contributed by atoms with Gasteiger partial charge < -0.3 is 4.48 Å². The van der Waals surface area contributed by atoms with Crippen molar-refractivity contribution in [2.24, 2.45) is 0 Å². The van der Waals surface area contributed by atoms with Crippen LogP contribution >= 0.6 is 0 Å². The summed E-state index contributed by atoms with van der Waals surface area (Å²) in [5, 5.41) is 0. The number of hydrogen-bond acceptors (Lipinski definition) is 0. The van der Waals surface area contributed by atoms with Gasteiger partial charge >= 0.3 is 0 Å². The van der Waals surface area contributed by atoms with Gasteiger partial charge in [-0.2, -0.15) is 0 Å². The third kappa shape index (κ3) is 30.0. The maximum Gasteiger partial charge on any atom is 0.0786 e. The Labute approximate surface area is 269 Å². The lowest BCUT2D eigenvalue weighted by Crippen LogP contribution is -2.50. The Morgan fingerprint density at radius 3 is 0.500 bits per heavy atom. The van der Waals surface area contributed by atoms with Crippen LogP contribution in [-0.2, 0) is 0 Å². The summed E-state index contributed by atoms with van der Waals surface area (Å²) >= 11 is 0. The Kier molecular flexibility index (Phi) is 35.4. The van der Waals surface area contributed by atoms with Gasteiger partial charge in [0.1, 0.15) is 0 Å². The highest BCUT2D eigenvalue weighted by Gasteiger charge is 2.25. The summed E-state index contributed by atoms with van der Waals surface area (Å²) < 4.78 is 1.48. The second kappa shape index (κ2) is 35.4. The lowest BCUT2D eigenvalue weighted by Gasteiger charge is -2.40. The molecule has 0 aromatic heterocycles. The third-order valence-corrected chi connectivity index (χ3v) is 10.2. The van der Waals surface area contributed by atoms with Gasteiger partial charge in [-0.15, -0.1) is 0 Å². The fourth-order valence-corrected chi connectivity index (χ4v) is 7.17. The average Bonchev–Trinajstić information content (AvgIpc) is 3.00. The number of unbranched alkanes of at least 4 members (excludes halogenated alkanes) is 29. The van der Waals surface area contributed by atoms with Crippen molar-refractivity contribution in [3.05, 3.63) is 0 Å². The Hall–Kier alpha value is -0.0400. The van der Waals surface area contributed by atoms with Crippen molar-refractivity contribution in [1.29, 1.82) is 0 Å². The summed E-state index contributed by atoms with van der Waals surface area (Å²) in [5.41, 5.74) is 0. The Morgan fingerprint density at radius 2 is 0.333 bits per heavy atom. The first-order chi connectivity index (χ1) is 20.7. The highest BCUT2D eigenvalue weighted by Crippen LogP contribution is 2.21. The molecular weight excluding hydrogens is 506 g/mol. The molecule has 0 radical (unpaired) electrons. The molecule has 0 atom stereocenters. The van der Waals surface area contributed by atoms with Crippen LogP contribution in [0.25, 0.3) is 0 Å². The molecule has 0 spiro atoms. The van der Waals surface area contributed by atoms with E-state index < -0.39 is 0 Å². The van der Waals surface area contributed by atoms with Crippen molar-refractivity contribution in [2.75, 3.05) is 26.2 Å². The molecule has 0 amide bonds. The summed E-state index contributed by atoms with van der Waals surface area (Å²) in [5.74, 6) is 0. The van der Waals surface area contributed by atoms with Gasteiger partial charge in [0.25, 0.3) is 0 Å². The molecule has 0 saturated carbocycles. The van der Waals surface area contributed by atoms with Crippen LogP contribution in [0.15, 0.2) is 0 Å². The van der Waals surface area contributed by atoms with E-state index in [1.165, 1.54) is 243 Å². The lowest BCUT2D eigenvalue weighted by molar-refractivity contribution is -0.929. The van der Waals surface area contributed by atoms with Crippen molar-refractivity contribution in [3.8, 4) is 0 Å². The predicted molar refractivity (Wildman–Crippen MR) is 195 cm³/mol. The molecule has 0 rings (SSSR count). The van der Waals surface area contributed by atoms with Gasteiger partial charge in [-0.05, 0) is 51.4 Å². The predicted octanol–water partition coefficient (Wildman–Crippen LogP) is 14.8. The van der Waals surface area contributed by atoms with Gasteiger partial charge in [-0.25, -0.2) is 0 Å². The van der Waals surface area contributed by atoms with E-state index in [1.807, 2.05) is 0 Å². The minimum atomic E-state index is 1.37. The van der Waals surface area contributed by atoms with Crippen LogP contribution in [0.4, 0.5) is 0 Å². The number of hydrogen-bond donors (Lipinski definition) is 0. The molecule has 0 unspecified atom stereocenters. The SMILES string of the molecule is CCCCCCCCCCC[N+](CCCCCCCCCC)(CCCCCCCCCC)CCCCCCCCCC. The fraction of sp³-hybridized carbons (Fsp3) is 1.00. The van der Waals surface area contributed by atoms with E-state index in [0.717, 1.165) is 0 Å². The first-order valence-electron chi connectivity index (χ1n) is 20.6. The molecule has 0 aliphatic rings. The Balaban J connectivity index is 4.82. The van der Waals surface area contributed by atoms with Crippen molar-refractivity contribution >= 4 is 0 Å². The first-order valence-corrected chi connectivity index (χ1v) is 20.6. The van der Waals surface area contributed by atoms with E-state index in [-0.39, 0.29) is 0 Å². The van der Waals surface area contributed by atoms with Gasteiger partial charge in [0.2, 0.25) is 0 Å². The monoisotopic (exact) mass is 593 g/mol. The average molecular weight is 593 g/mol. The molecule has 0 heterocycles. The van der Waals surface area contributed by atoms with Crippen LogP contribution in [0.3, 0.4) is 0 Å².